The second-order valence-electron chi connectivity index (χ2n) is 10.2. The monoisotopic (exact) mass is 503 g/mol. The minimum Gasteiger partial charge on any atom is -0.462 e. The van der Waals surface area contributed by atoms with E-state index in [0.29, 0.717) is 53.9 Å². The number of carbonyl (C=O) groups excluding carboxylic acids is 1. The van der Waals surface area contributed by atoms with Crippen molar-refractivity contribution in [3.63, 3.8) is 0 Å². The highest BCUT2D eigenvalue weighted by molar-refractivity contribution is 5.93. The maximum absolute atomic E-state index is 15.6. The fraction of sp³-hybridized carbons (Fsp3) is 0.414. The highest BCUT2D eigenvalue weighted by Gasteiger charge is 2.24. The normalized spacial score (nSPS) is 19.1. The van der Waals surface area contributed by atoms with Crippen molar-refractivity contribution in [3.8, 4) is 17.1 Å². The van der Waals surface area contributed by atoms with Gasteiger partial charge in [-0.25, -0.2) is 4.39 Å². The molecule has 2 aliphatic rings. The number of rotatable bonds is 9. The number of hydrogen-bond donors (Lipinski definition) is 2. The Hall–Kier alpha value is -3.52. The number of aromatic nitrogens is 2. The first-order valence-electron chi connectivity index (χ1n) is 13.0. The number of nitrogens with one attached hydrogen (secondary N) is 2. The van der Waals surface area contributed by atoms with Gasteiger partial charge in [0.1, 0.15) is 18.2 Å². The number of benzene rings is 2. The van der Waals surface area contributed by atoms with E-state index in [1.807, 2.05) is 18.2 Å². The third kappa shape index (κ3) is 5.44. The Morgan fingerprint density at radius 1 is 1.24 bits per heavy atom. The number of likely N-dealkylation sites (N-methyl/N-ethyl adjacent to an activating group) is 1. The number of halogens is 1. The zero-order valence-corrected chi connectivity index (χ0v) is 21.5. The van der Waals surface area contributed by atoms with Gasteiger partial charge < -0.3 is 20.3 Å². The molecule has 0 radical (unpaired) electrons. The van der Waals surface area contributed by atoms with Gasteiger partial charge in [0.25, 0.3) is 0 Å². The standard InChI is InChI=1S/C29H34FN5O2/c1-4-27(36)31-10-11-32-28-24-15-25(30)23(21-9-5-7-19-13-18(2)14-22(19)21)16-26(24)33-29(34-28)37-17-20-8-6-12-35(20)3/h4-5,7,9,15-16,18,20H,1,6,8,10-14,17H2,2-3H3,(H,31,36)(H,32,33,34)/t18?,20-/m0/s1. The van der Waals surface area contributed by atoms with Crippen molar-refractivity contribution >= 4 is 22.6 Å². The summed E-state index contributed by atoms with van der Waals surface area (Å²) in [5.41, 5.74) is 4.60. The first-order valence-corrected chi connectivity index (χ1v) is 13.0. The van der Waals surface area contributed by atoms with Gasteiger partial charge in [-0.05, 0) is 80.1 Å². The smallest absolute Gasteiger partial charge is 0.318 e. The number of carbonyl (C=O) groups is 1. The summed E-state index contributed by atoms with van der Waals surface area (Å²) in [6.45, 7) is 8.02. The number of fused-ring (bicyclic) bond motifs is 2. The van der Waals surface area contributed by atoms with Gasteiger partial charge in [-0.2, -0.15) is 9.97 Å². The molecule has 0 spiro atoms. The molecule has 2 N–H and O–H groups in total. The van der Waals surface area contributed by atoms with Gasteiger partial charge >= 0.3 is 6.01 Å². The second kappa shape index (κ2) is 10.8. The molecule has 7 nitrogen and oxygen atoms in total. The van der Waals surface area contributed by atoms with Crippen LogP contribution >= 0.6 is 0 Å². The molecule has 0 bridgehead atoms. The average molecular weight is 504 g/mol. The van der Waals surface area contributed by atoms with E-state index in [4.69, 9.17) is 4.74 Å². The molecule has 37 heavy (non-hydrogen) atoms. The Balaban J connectivity index is 1.49. The van der Waals surface area contributed by atoms with Crippen LogP contribution in [-0.4, -0.2) is 60.1 Å². The van der Waals surface area contributed by atoms with Crippen molar-refractivity contribution in [1.29, 1.82) is 0 Å². The highest BCUT2D eigenvalue weighted by atomic mass is 19.1. The third-order valence-electron chi connectivity index (χ3n) is 7.43. The fourth-order valence-electron chi connectivity index (χ4n) is 5.45. The maximum atomic E-state index is 15.6. The molecule has 1 fully saturated rings. The lowest BCUT2D eigenvalue weighted by molar-refractivity contribution is -0.116. The molecule has 194 valence electrons. The molecule has 0 saturated carbocycles. The molecule has 1 unspecified atom stereocenters. The van der Waals surface area contributed by atoms with Crippen LogP contribution in [-0.2, 0) is 17.6 Å². The van der Waals surface area contributed by atoms with E-state index in [9.17, 15) is 4.79 Å². The second-order valence-corrected chi connectivity index (χ2v) is 10.2. The molecule has 1 amide bonds. The Labute approximate surface area is 217 Å². The van der Waals surface area contributed by atoms with Gasteiger partial charge in [0, 0.05) is 30.1 Å². The van der Waals surface area contributed by atoms with E-state index in [1.54, 1.807) is 0 Å². The van der Waals surface area contributed by atoms with Crippen LogP contribution in [0.4, 0.5) is 10.2 Å². The molecule has 8 heteroatoms. The van der Waals surface area contributed by atoms with Crippen LogP contribution in [0.5, 0.6) is 6.01 Å². The van der Waals surface area contributed by atoms with Crippen molar-refractivity contribution in [3.05, 3.63) is 59.9 Å². The number of ether oxygens (including phenoxy) is 1. The third-order valence-corrected chi connectivity index (χ3v) is 7.43. The SMILES string of the molecule is C=CC(=O)NCCNc1nc(OC[C@@H]2CCCN2C)nc2cc(-c3cccc4c3CC(C)C4)c(F)cc12. The van der Waals surface area contributed by atoms with E-state index in [0.717, 1.165) is 37.8 Å². The summed E-state index contributed by atoms with van der Waals surface area (Å²) in [4.78, 5) is 23.0. The Bertz CT molecular complexity index is 1330. The largest absolute Gasteiger partial charge is 0.462 e. The summed E-state index contributed by atoms with van der Waals surface area (Å²) in [6, 6.07) is 10.0. The molecule has 2 atom stereocenters. The van der Waals surface area contributed by atoms with Gasteiger partial charge in [-0.3, -0.25) is 4.79 Å². The van der Waals surface area contributed by atoms with E-state index in [2.05, 4.69) is 52.1 Å². The van der Waals surface area contributed by atoms with Crippen molar-refractivity contribution in [2.24, 2.45) is 5.92 Å². The number of hydrogen-bond acceptors (Lipinski definition) is 6. The Morgan fingerprint density at radius 3 is 2.89 bits per heavy atom. The molecular formula is C29H34FN5O2. The molecule has 1 aliphatic carbocycles. The Kier molecular flexibility index (Phi) is 7.37. The van der Waals surface area contributed by atoms with Crippen molar-refractivity contribution in [2.75, 3.05) is 38.6 Å². The van der Waals surface area contributed by atoms with Crippen LogP contribution in [0.25, 0.3) is 22.0 Å². The molecule has 5 rings (SSSR count). The van der Waals surface area contributed by atoms with Gasteiger partial charge in [0.15, 0.2) is 0 Å². The summed E-state index contributed by atoms with van der Waals surface area (Å²) in [5, 5.41) is 6.52. The average Bonchev–Trinajstić information content (AvgIpc) is 3.48. The van der Waals surface area contributed by atoms with Crippen LogP contribution in [0.1, 0.15) is 30.9 Å². The van der Waals surface area contributed by atoms with Crippen LogP contribution in [0, 0.1) is 11.7 Å². The van der Waals surface area contributed by atoms with Crippen molar-refractivity contribution < 1.29 is 13.9 Å². The summed E-state index contributed by atoms with van der Waals surface area (Å²) in [7, 11) is 2.10. The number of amides is 1. The molecule has 1 aliphatic heterocycles. The van der Waals surface area contributed by atoms with E-state index in [-0.39, 0.29) is 17.7 Å². The predicted molar refractivity (Wildman–Crippen MR) is 144 cm³/mol. The highest BCUT2D eigenvalue weighted by Crippen LogP contribution is 2.38. The lowest BCUT2D eigenvalue weighted by Crippen LogP contribution is -2.31. The zero-order valence-electron chi connectivity index (χ0n) is 21.5. The van der Waals surface area contributed by atoms with E-state index < -0.39 is 0 Å². The lowest BCUT2D eigenvalue weighted by atomic mass is 9.95. The van der Waals surface area contributed by atoms with E-state index >= 15 is 4.39 Å². The van der Waals surface area contributed by atoms with Crippen LogP contribution in [0.2, 0.25) is 0 Å². The number of anilines is 1. The molecule has 3 aromatic rings. The van der Waals surface area contributed by atoms with E-state index in [1.165, 1.54) is 23.3 Å². The van der Waals surface area contributed by atoms with Gasteiger partial charge in [-0.1, -0.05) is 31.7 Å². The fourth-order valence-corrected chi connectivity index (χ4v) is 5.45. The molecule has 2 heterocycles. The van der Waals surface area contributed by atoms with Crippen molar-refractivity contribution in [2.45, 2.75) is 38.6 Å². The first-order chi connectivity index (χ1) is 17.9. The summed E-state index contributed by atoms with van der Waals surface area (Å²) < 4.78 is 21.7. The summed E-state index contributed by atoms with van der Waals surface area (Å²) in [5.74, 6) is 0.464. The number of likely N-dealkylation sites (tertiary alicyclic amines) is 1. The lowest BCUT2D eigenvalue weighted by Gasteiger charge is -2.19. The van der Waals surface area contributed by atoms with Crippen LogP contribution in [0.3, 0.4) is 0 Å². The molecule has 1 saturated heterocycles. The minimum atomic E-state index is -0.312. The maximum Gasteiger partial charge on any atom is 0.318 e. The van der Waals surface area contributed by atoms with Gasteiger partial charge in [-0.15, -0.1) is 0 Å². The first kappa shape index (κ1) is 25.1. The molecular weight excluding hydrogens is 469 g/mol. The predicted octanol–water partition coefficient (Wildman–Crippen LogP) is 4.36. The Morgan fingerprint density at radius 2 is 2.11 bits per heavy atom. The summed E-state index contributed by atoms with van der Waals surface area (Å²) in [6.07, 6.45) is 5.41. The van der Waals surface area contributed by atoms with Crippen LogP contribution < -0.4 is 15.4 Å². The van der Waals surface area contributed by atoms with Crippen molar-refractivity contribution in [1.82, 2.24) is 20.2 Å². The summed E-state index contributed by atoms with van der Waals surface area (Å²) >= 11 is 0. The van der Waals surface area contributed by atoms with Gasteiger partial charge in [0.05, 0.1) is 5.52 Å². The minimum absolute atomic E-state index is 0.251. The topological polar surface area (TPSA) is 79.4 Å². The van der Waals surface area contributed by atoms with Crippen LogP contribution in [0.15, 0.2) is 43.0 Å². The molecule has 1 aromatic heterocycles. The number of nitrogens with zero attached hydrogens (tertiary/aromatic N) is 3. The van der Waals surface area contributed by atoms with Gasteiger partial charge in [0.2, 0.25) is 5.91 Å². The molecule has 2 aromatic carbocycles. The quantitative estimate of drug-likeness (QED) is 0.334. The zero-order chi connectivity index (χ0) is 25.9.